The average Bonchev–Trinajstić information content (AvgIpc) is 2.58. The van der Waals surface area contributed by atoms with Crippen molar-refractivity contribution in [3.05, 3.63) is 66.0 Å². The molecular weight excluding hydrogens is 309 g/mol. The summed E-state index contributed by atoms with van der Waals surface area (Å²) in [6, 6.07) is 15.0. The van der Waals surface area contributed by atoms with E-state index in [0.29, 0.717) is 25.0 Å². The summed E-state index contributed by atoms with van der Waals surface area (Å²) in [6.07, 6.45) is 0.895. The Morgan fingerprint density at radius 1 is 1.17 bits per heavy atom. The lowest BCUT2D eigenvalue weighted by Crippen LogP contribution is -2.38. The van der Waals surface area contributed by atoms with Crippen LogP contribution in [0.4, 0.5) is 4.39 Å². The minimum atomic E-state index is -1.25. The molecular formula is C19H22FNO3. The molecule has 1 amide bonds. The van der Waals surface area contributed by atoms with Gasteiger partial charge in [0, 0.05) is 6.42 Å². The number of benzene rings is 2. The van der Waals surface area contributed by atoms with Crippen molar-refractivity contribution in [1.29, 1.82) is 0 Å². The summed E-state index contributed by atoms with van der Waals surface area (Å²) in [7, 11) is 0. The lowest BCUT2D eigenvalue weighted by molar-refractivity contribution is -0.122. The van der Waals surface area contributed by atoms with Crippen LogP contribution in [0.25, 0.3) is 0 Å². The second kappa shape index (κ2) is 8.45. The monoisotopic (exact) mass is 331 g/mol. The summed E-state index contributed by atoms with van der Waals surface area (Å²) in [4.78, 5) is 11.8. The second-order valence-corrected chi connectivity index (χ2v) is 5.82. The van der Waals surface area contributed by atoms with E-state index in [9.17, 15) is 14.3 Å². The molecule has 1 atom stereocenters. The maximum Gasteiger partial charge on any atom is 0.220 e. The topological polar surface area (TPSA) is 58.6 Å². The van der Waals surface area contributed by atoms with Crippen molar-refractivity contribution in [2.24, 2.45) is 0 Å². The Bertz CT molecular complexity index is 641. The van der Waals surface area contributed by atoms with Gasteiger partial charge in [0.15, 0.2) is 0 Å². The van der Waals surface area contributed by atoms with Crippen LogP contribution in [0, 0.1) is 5.82 Å². The fourth-order valence-electron chi connectivity index (χ4n) is 2.21. The highest BCUT2D eigenvalue weighted by Gasteiger charge is 2.23. The summed E-state index contributed by atoms with van der Waals surface area (Å²) < 4.78 is 18.4. The zero-order valence-electron chi connectivity index (χ0n) is 13.7. The van der Waals surface area contributed by atoms with Crippen molar-refractivity contribution in [1.82, 2.24) is 5.32 Å². The summed E-state index contributed by atoms with van der Waals surface area (Å²) in [5, 5.41) is 13.1. The van der Waals surface area contributed by atoms with Gasteiger partial charge in [-0.05, 0) is 43.2 Å². The fourth-order valence-corrected chi connectivity index (χ4v) is 2.21. The largest absolute Gasteiger partial charge is 0.494 e. The number of carbonyl (C=O) groups is 1. The zero-order chi connectivity index (χ0) is 17.4. The Hall–Kier alpha value is -2.40. The van der Waals surface area contributed by atoms with E-state index in [0.717, 1.165) is 5.75 Å². The minimum Gasteiger partial charge on any atom is -0.494 e. The van der Waals surface area contributed by atoms with Crippen LogP contribution >= 0.6 is 0 Å². The number of halogens is 1. The van der Waals surface area contributed by atoms with E-state index in [1.54, 1.807) is 6.92 Å². The smallest absolute Gasteiger partial charge is 0.220 e. The molecule has 0 heterocycles. The van der Waals surface area contributed by atoms with Gasteiger partial charge in [-0.15, -0.1) is 0 Å². The molecule has 2 N–H and O–H groups in total. The lowest BCUT2D eigenvalue weighted by Gasteiger charge is -2.24. The van der Waals surface area contributed by atoms with E-state index in [-0.39, 0.29) is 18.3 Å². The maximum absolute atomic E-state index is 12.9. The Morgan fingerprint density at radius 2 is 1.83 bits per heavy atom. The second-order valence-electron chi connectivity index (χ2n) is 5.82. The van der Waals surface area contributed by atoms with Gasteiger partial charge in [-0.1, -0.05) is 30.3 Å². The van der Waals surface area contributed by atoms with Gasteiger partial charge < -0.3 is 15.2 Å². The molecule has 2 aromatic rings. The summed E-state index contributed by atoms with van der Waals surface area (Å²) in [6.45, 7) is 2.10. The van der Waals surface area contributed by atoms with Gasteiger partial charge in [-0.2, -0.15) is 0 Å². The summed E-state index contributed by atoms with van der Waals surface area (Å²) in [5.74, 6) is 0.253. The number of carbonyl (C=O) groups excluding carboxylic acids is 1. The molecule has 0 saturated heterocycles. The van der Waals surface area contributed by atoms with Gasteiger partial charge in [0.25, 0.3) is 0 Å². The molecule has 0 radical (unpaired) electrons. The molecule has 0 fully saturated rings. The van der Waals surface area contributed by atoms with Crippen molar-refractivity contribution in [2.45, 2.75) is 25.4 Å². The zero-order valence-corrected chi connectivity index (χ0v) is 13.7. The number of rotatable bonds is 8. The third-order valence-electron chi connectivity index (χ3n) is 3.66. The molecule has 0 aliphatic rings. The van der Waals surface area contributed by atoms with E-state index in [2.05, 4.69) is 5.32 Å². The maximum atomic E-state index is 12.9. The number of hydrogen-bond acceptors (Lipinski definition) is 3. The van der Waals surface area contributed by atoms with E-state index < -0.39 is 5.60 Å². The number of amides is 1. The SMILES string of the molecule is CC(O)(CNC(=O)CCCOc1ccccc1)c1ccc(F)cc1. The summed E-state index contributed by atoms with van der Waals surface area (Å²) in [5.41, 5.74) is -0.694. The van der Waals surface area contributed by atoms with Gasteiger partial charge in [-0.3, -0.25) is 4.79 Å². The van der Waals surface area contributed by atoms with Crippen molar-refractivity contribution < 1.29 is 19.0 Å². The molecule has 0 saturated carbocycles. The Morgan fingerprint density at radius 3 is 2.50 bits per heavy atom. The number of hydrogen-bond donors (Lipinski definition) is 2. The standard InChI is InChI=1S/C19H22FNO3/c1-19(23,15-9-11-16(20)12-10-15)14-21-18(22)8-5-13-24-17-6-3-2-4-7-17/h2-4,6-7,9-12,23H,5,8,13-14H2,1H3,(H,21,22). The molecule has 5 heteroatoms. The van der Waals surface area contributed by atoms with Crippen LogP contribution in [-0.4, -0.2) is 24.2 Å². The molecule has 0 aromatic heterocycles. The lowest BCUT2D eigenvalue weighted by atomic mass is 9.96. The quantitative estimate of drug-likeness (QED) is 0.731. The van der Waals surface area contributed by atoms with Gasteiger partial charge in [0.05, 0.1) is 13.2 Å². The molecule has 0 bridgehead atoms. The van der Waals surface area contributed by atoms with E-state index >= 15 is 0 Å². The van der Waals surface area contributed by atoms with Crippen LogP contribution in [0.2, 0.25) is 0 Å². The highest BCUT2D eigenvalue weighted by Crippen LogP contribution is 2.19. The molecule has 1 unspecified atom stereocenters. The normalized spacial score (nSPS) is 13.1. The predicted octanol–water partition coefficient (Wildman–Crippen LogP) is 3.01. The van der Waals surface area contributed by atoms with Crippen LogP contribution in [-0.2, 0) is 10.4 Å². The highest BCUT2D eigenvalue weighted by molar-refractivity contribution is 5.75. The Kier molecular flexibility index (Phi) is 6.32. The van der Waals surface area contributed by atoms with Gasteiger partial charge >= 0.3 is 0 Å². The van der Waals surface area contributed by atoms with Crippen molar-refractivity contribution in [3.8, 4) is 5.75 Å². The first-order valence-electron chi connectivity index (χ1n) is 7.90. The molecule has 0 spiro atoms. The number of aliphatic hydroxyl groups is 1. The van der Waals surface area contributed by atoms with Crippen LogP contribution in [0.15, 0.2) is 54.6 Å². The molecule has 4 nitrogen and oxygen atoms in total. The van der Waals surface area contributed by atoms with E-state index in [1.165, 1.54) is 24.3 Å². The van der Waals surface area contributed by atoms with Crippen LogP contribution in [0.3, 0.4) is 0 Å². The average molecular weight is 331 g/mol. The Labute approximate surface area is 141 Å². The molecule has 0 aliphatic carbocycles. The molecule has 2 aromatic carbocycles. The van der Waals surface area contributed by atoms with Crippen LogP contribution < -0.4 is 10.1 Å². The molecule has 24 heavy (non-hydrogen) atoms. The number of ether oxygens (including phenoxy) is 1. The number of para-hydroxylation sites is 1. The molecule has 0 aliphatic heterocycles. The number of nitrogens with one attached hydrogen (secondary N) is 1. The van der Waals surface area contributed by atoms with Crippen LogP contribution in [0.5, 0.6) is 5.75 Å². The van der Waals surface area contributed by atoms with Crippen LogP contribution in [0.1, 0.15) is 25.3 Å². The van der Waals surface area contributed by atoms with Crippen molar-refractivity contribution in [3.63, 3.8) is 0 Å². The van der Waals surface area contributed by atoms with Crippen molar-refractivity contribution in [2.75, 3.05) is 13.2 Å². The van der Waals surface area contributed by atoms with E-state index in [1.807, 2.05) is 30.3 Å². The van der Waals surface area contributed by atoms with Gasteiger partial charge in [0.2, 0.25) is 5.91 Å². The molecule has 2 rings (SSSR count). The predicted molar refractivity (Wildman–Crippen MR) is 90.2 cm³/mol. The minimum absolute atomic E-state index is 0.0665. The Balaban J connectivity index is 1.69. The molecule has 128 valence electrons. The highest BCUT2D eigenvalue weighted by atomic mass is 19.1. The third-order valence-corrected chi connectivity index (χ3v) is 3.66. The fraction of sp³-hybridized carbons (Fsp3) is 0.316. The van der Waals surface area contributed by atoms with E-state index in [4.69, 9.17) is 4.74 Å². The first-order chi connectivity index (χ1) is 11.5. The first kappa shape index (κ1) is 17.9. The summed E-state index contributed by atoms with van der Waals surface area (Å²) >= 11 is 0. The third kappa shape index (κ3) is 5.66. The van der Waals surface area contributed by atoms with Gasteiger partial charge in [-0.25, -0.2) is 4.39 Å². The first-order valence-corrected chi connectivity index (χ1v) is 7.90. The van der Waals surface area contributed by atoms with Crippen molar-refractivity contribution >= 4 is 5.91 Å². The van der Waals surface area contributed by atoms with Gasteiger partial charge in [0.1, 0.15) is 17.2 Å².